The highest BCUT2D eigenvalue weighted by Crippen LogP contribution is 2.37. The second kappa shape index (κ2) is 2.80. The van der Waals surface area contributed by atoms with Crippen molar-refractivity contribution in [3.05, 3.63) is 33.1 Å². The van der Waals surface area contributed by atoms with Gasteiger partial charge < -0.3 is 9.47 Å². The van der Waals surface area contributed by atoms with Gasteiger partial charge in [0.25, 0.3) is 5.56 Å². The van der Waals surface area contributed by atoms with E-state index in [1.807, 2.05) is 0 Å². The standard InChI is InChI=1S/C9H10N2O4/c12-7-1-2-11(8(13)10-7)9-3-6(4-15-9)14-5-9/h1-2,6H,3-5H2,(H,10,12,13). The van der Waals surface area contributed by atoms with Crippen molar-refractivity contribution < 1.29 is 9.47 Å². The Balaban J connectivity index is 2.13. The molecule has 0 radical (unpaired) electrons. The first-order valence-electron chi connectivity index (χ1n) is 4.78. The van der Waals surface area contributed by atoms with Crippen molar-refractivity contribution in [2.75, 3.05) is 13.2 Å². The van der Waals surface area contributed by atoms with Crippen molar-refractivity contribution in [2.45, 2.75) is 18.2 Å². The van der Waals surface area contributed by atoms with Crippen LogP contribution in [0.25, 0.3) is 0 Å². The van der Waals surface area contributed by atoms with E-state index in [0.29, 0.717) is 19.6 Å². The quantitative estimate of drug-likeness (QED) is 0.645. The fraction of sp³-hybridized carbons (Fsp3) is 0.556. The summed E-state index contributed by atoms with van der Waals surface area (Å²) in [6.07, 6.45) is 2.20. The number of aromatic amines is 1. The van der Waals surface area contributed by atoms with Crippen molar-refractivity contribution in [2.24, 2.45) is 0 Å². The van der Waals surface area contributed by atoms with Crippen LogP contribution in [0.3, 0.4) is 0 Å². The molecule has 1 aromatic rings. The molecular weight excluding hydrogens is 200 g/mol. The number of fused-ring (bicyclic) bond motifs is 2. The lowest BCUT2D eigenvalue weighted by Gasteiger charge is -2.27. The molecule has 0 aliphatic carbocycles. The second-order valence-corrected chi connectivity index (χ2v) is 3.87. The molecular formula is C9H10N2O4. The molecule has 0 aromatic carbocycles. The summed E-state index contributed by atoms with van der Waals surface area (Å²) in [5.41, 5.74) is -1.55. The minimum Gasteiger partial charge on any atom is -0.371 e. The molecule has 6 heteroatoms. The summed E-state index contributed by atoms with van der Waals surface area (Å²) in [6.45, 7) is 0.870. The smallest absolute Gasteiger partial charge is 0.330 e. The summed E-state index contributed by atoms with van der Waals surface area (Å²) in [5.74, 6) is 0. The van der Waals surface area contributed by atoms with Gasteiger partial charge in [0.2, 0.25) is 0 Å². The molecule has 2 fully saturated rings. The molecule has 3 rings (SSSR count). The van der Waals surface area contributed by atoms with E-state index in [1.165, 1.54) is 16.8 Å². The largest absolute Gasteiger partial charge is 0.371 e. The maximum Gasteiger partial charge on any atom is 0.330 e. The lowest BCUT2D eigenvalue weighted by Crippen LogP contribution is -2.45. The van der Waals surface area contributed by atoms with Gasteiger partial charge in [0.05, 0.1) is 19.3 Å². The van der Waals surface area contributed by atoms with Crippen LogP contribution >= 0.6 is 0 Å². The van der Waals surface area contributed by atoms with Crippen LogP contribution in [-0.2, 0) is 15.2 Å². The van der Waals surface area contributed by atoms with Crippen LogP contribution in [0.1, 0.15) is 6.42 Å². The lowest BCUT2D eigenvalue weighted by atomic mass is 10.1. The Bertz CT molecular complexity index is 495. The number of nitrogens with one attached hydrogen (secondary N) is 1. The average Bonchev–Trinajstić information content (AvgIpc) is 2.77. The van der Waals surface area contributed by atoms with E-state index in [1.54, 1.807) is 0 Å². The number of hydrogen-bond donors (Lipinski definition) is 1. The minimum atomic E-state index is -0.702. The number of H-pyrrole nitrogens is 1. The molecule has 6 nitrogen and oxygen atoms in total. The van der Waals surface area contributed by atoms with Gasteiger partial charge in [0.15, 0.2) is 5.72 Å². The highest BCUT2D eigenvalue weighted by Gasteiger charge is 2.49. The predicted molar refractivity (Wildman–Crippen MR) is 49.6 cm³/mol. The molecule has 2 saturated heterocycles. The van der Waals surface area contributed by atoms with Gasteiger partial charge in [0.1, 0.15) is 0 Å². The molecule has 1 N–H and O–H groups in total. The third-order valence-electron chi connectivity index (χ3n) is 2.89. The molecule has 1 aromatic heterocycles. The van der Waals surface area contributed by atoms with E-state index < -0.39 is 17.0 Å². The molecule has 0 spiro atoms. The van der Waals surface area contributed by atoms with E-state index >= 15 is 0 Å². The third kappa shape index (κ3) is 1.18. The number of hydrogen-bond acceptors (Lipinski definition) is 4. The fourth-order valence-electron chi connectivity index (χ4n) is 2.15. The molecule has 0 saturated carbocycles. The van der Waals surface area contributed by atoms with Crippen molar-refractivity contribution in [3.63, 3.8) is 0 Å². The van der Waals surface area contributed by atoms with Gasteiger partial charge in [-0.05, 0) is 0 Å². The Hall–Kier alpha value is -1.40. The number of aromatic nitrogens is 2. The summed E-state index contributed by atoms with van der Waals surface area (Å²) >= 11 is 0. The highest BCUT2D eigenvalue weighted by molar-refractivity contribution is 4.96. The van der Waals surface area contributed by atoms with Crippen LogP contribution in [0.15, 0.2) is 21.9 Å². The van der Waals surface area contributed by atoms with Crippen LogP contribution in [-0.4, -0.2) is 28.9 Å². The molecule has 15 heavy (non-hydrogen) atoms. The van der Waals surface area contributed by atoms with Crippen LogP contribution in [0.2, 0.25) is 0 Å². The van der Waals surface area contributed by atoms with Gasteiger partial charge in [-0.25, -0.2) is 4.79 Å². The van der Waals surface area contributed by atoms with E-state index in [0.717, 1.165) is 0 Å². The molecule has 2 aliphatic heterocycles. The van der Waals surface area contributed by atoms with Crippen LogP contribution in [0.5, 0.6) is 0 Å². The van der Waals surface area contributed by atoms with Gasteiger partial charge in [0, 0.05) is 18.7 Å². The molecule has 2 bridgehead atoms. The maximum absolute atomic E-state index is 11.6. The van der Waals surface area contributed by atoms with Gasteiger partial charge in [-0.15, -0.1) is 0 Å². The van der Waals surface area contributed by atoms with Gasteiger partial charge in [-0.3, -0.25) is 14.3 Å². The monoisotopic (exact) mass is 210 g/mol. The second-order valence-electron chi connectivity index (χ2n) is 3.87. The van der Waals surface area contributed by atoms with E-state index in [2.05, 4.69) is 4.98 Å². The molecule has 2 unspecified atom stereocenters. The zero-order chi connectivity index (χ0) is 10.5. The Morgan fingerprint density at radius 2 is 2.40 bits per heavy atom. The van der Waals surface area contributed by atoms with E-state index in [4.69, 9.17) is 9.47 Å². The normalized spacial score (nSPS) is 33.5. The number of ether oxygens (including phenoxy) is 2. The summed E-state index contributed by atoms with van der Waals surface area (Å²) < 4.78 is 12.4. The third-order valence-corrected chi connectivity index (χ3v) is 2.89. The SMILES string of the molecule is O=c1ccn(C23COC(CO2)C3)c(=O)[nH]1. The highest BCUT2D eigenvalue weighted by atomic mass is 16.6. The van der Waals surface area contributed by atoms with E-state index in [-0.39, 0.29) is 6.10 Å². The first kappa shape index (κ1) is 8.87. The average molecular weight is 210 g/mol. The van der Waals surface area contributed by atoms with Crippen molar-refractivity contribution >= 4 is 0 Å². The Kier molecular flexibility index (Phi) is 1.66. The van der Waals surface area contributed by atoms with Gasteiger partial charge >= 0.3 is 5.69 Å². The van der Waals surface area contributed by atoms with Crippen LogP contribution in [0.4, 0.5) is 0 Å². The molecule has 0 amide bonds. The van der Waals surface area contributed by atoms with E-state index in [9.17, 15) is 9.59 Å². The van der Waals surface area contributed by atoms with Gasteiger partial charge in [-0.2, -0.15) is 0 Å². The Morgan fingerprint density at radius 1 is 1.53 bits per heavy atom. The fourth-order valence-corrected chi connectivity index (χ4v) is 2.15. The molecule has 80 valence electrons. The number of rotatable bonds is 1. The lowest BCUT2D eigenvalue weighted by molar-refractivity contribution is -0.139. The molecule has 3 heterocycles. The summed E-state index contributed by atoms with van der Waals surface area (Å²) in [4.78, 5) is 24.7. The first-order valence-corrected chi connectivity index (χ1v) is 4.78. The summed E-state index contributed by atoms with van der Waals surface area (Å²) in [6, 6.07) is 1.31. The van der Waals surface area contributed by atoms with Crippen molar-refractivity contribution in [1.82, 2.24) is 9.55 Å². The van der Waals surface area contributed by atoms with Crippen LogP contribution in [0, 0.1) is 0 Å². The number of nitrogens with zero attached hydrogens (tertiary/aromatic N) is 1. The minimum absolute atomic E-state index is 0.0730. The van der Waals surface area contributed by atoms with Crippen LogP contribution < -0.4 is 11.2 Å². The maximum atomic E-state index is 11.6. The molecule has 2 aliphatic rings. The first-order chi connectivity index (χ1) is 7.20. The van der Waals surface area contributed by atoms with Gasteiger partial charge in [-0.1, -0.05) is 0 Å². The van der Waals surface area contributed by atoms with Crippen molar-refractivity contribution in [3.8, 4) is 0 Å². The summed E-state index contributed by atoms with van der Waals surface area (Å²) in [7, 11) is 0. The zero-order valence-electron chi connectivity index (χ0n) is 7.93. The molecule has 2 atom stereocenters. The zero-order valence-corrected chi connectivity index (χ0v) is 7.93. The Labute approximate surface area is 84.4 Å². The topological polar surface area (TPSA) is 73.3 Å². The Morgan fingerprint density at radius 3 is 2.93 bits per heavy atom. The summed E-state index contributed by atoms with van der Waals surface area (Å²) in [5, 5.41) is 0. The predicted octanol–water partition coefficient (Wildman–Crippen LogP) is -0.992. The van der Waals surface area contributed by atoms with Crippen molar-refractivity contribution in [1.29, 1.82) is 0 Å².